The number of guanidine groups is 1. The summed E-state index contributed by atoms with van der Waals surface area (Å²) in [5, 5.41) is 8.45. The van der Waals surface area contributed by atoms with Gasteiger partial charge in [-0.3, -0.25) is 19.7 Å². The van der Waals surface area contributed by atoms with Crippen LogP contribution in [0.25, 0.3) is 0 Å². The minimum absolute atomic E-state index is 0.211. The van der Waals surface area contributed by atoms with Gasteiger partial charge in [0.2, 0.25) is 11.9 Å². The van der Waals surface area contributed by atoms with E-state index in [0.717, 1.165) is 12.8 Å². The Bertz CT molecular complexity index is 524. The molecule has 8 nitrogen and oxygen atoms in total. The Kier molecular flexibility index (Phi) is 5.87. The molecule has 0 saturated carbocycles. The van der Waals surface area contributed by atoms with Crippen LogP contribution in [0, 0.1) is 5.92 Å². The van der Waals surface area contributed by atoms with E-state index in [1.165, 1.54) is 0 Å². The van der Waals surface area contributed by atoms with Gasteiger partial charge in [0.15, 0.2) is 0 Å². The Labute approximate surface area is 146 Å². The van der Waals surface area contributed by atoms with E-state index in [-0.39, 0.29) is 11.4 Å². The molecule has 1 saturated heterocycles. The molecule has 9 heteroatoms. The molecule has 0 aromatic rings. The van der Waals surface area contributed by atoms with E-state index in [1.54, 1.807) is 19.0 Å². The zero-order valence-corrected chi connectivity index (χ0v) is 16.0. The summed E-state index contributed by atoms with van der Waals surface area (Å²) in [5.74, 6) is 0.880. The second-order valence-corrected chi connectivity index (χ2v) is 9.76. The number of amides is 1. The van der Waals surface area contributed by atoms with Gasteiger partial charge in [0.05, 0.1) is 5.54 Å². The molecule has 2 heterocycles. The third-order valence-corrected chi connectivity index (χ3v) is 6.32. The molecule has 2 aliphatic rings. The van der Waals surface area contributed by atoms with E-state index in [9.17, 15) is 9.00 Å². The van der Waals surface area contributed by atoms with Crippen molar-refractivity contribution in [2.45, 2.75) is 57.7 Å². The molecule has 138 valence electrons. The smallest absolute Gasteiger partial charge is 0.245 e. The lowest BCUT2D eigenvalue weighted by Crippen LogP contribution is -2.57. The number of nitrogens with zero attached hydrogens (tertiary/aromatic N) is 2. The van der Waals surface area contributed by atoms with Gasteiger partial charge in [0.1, 0.15) is 4.75 Å². The second kappa shape index (κ2) is 7.37. The number of hydrogen-bond donors (Lipinski definition) is 3. The third-order valence-electron chi connectivity index (χ3n) is 4.23. The number of ether oxygens (including phenoxy) is 1. The fourth-order valence-corrected chi connectivity index (χ4v) is 3.76. The second-order valence-electron chi connectivity index (χ2n) is 7.71. The SMILES string of the molecule is CC(C)(C)N1NN=C(NC(=O)C(C)(C)[S@@](=O)CC2CCOCC2)N1. The quantitative estimate of drug-likeness (QED) is 0.675. The van der Waals surface area contributed by atoms with Gasteiger partial charge in [-0.05, 0) is 53.4 Å². The Morgan fingerprint density at radius 2 is 1.96 bits per heavy atom. The standard InChI is InChI=1S/C15H29N5O3S/c1-14(2,3)20-18-13(17-19-20)16-12(21)15(4,5)24(22)10-11-6-8-23-9-7-11/h11,19H,6-10H2,1-5H3,(H2,16,17,18,21)/t24-/m0/s1. The number of carbonyl (C=O) groups is 1. The monoisotopic (exact) mass is 359 g/mol. The number of hydrazine groups is 2. The Hall–Kier alpha value is -1.19. The van der Waals surface area contributed by atoms with Gasteiger partial charge in [0.25, 0.3) is 0 Å². The van der Waals surface area contributed by atoms with Crippen molar-refractivity contribution in [2.24, 2.45) is 11.0 Å². The average Bonchev–Trinajstić information content (AvgIpc) is 2.96. The number of hydrazone groups is 1. The molecule has 2 rings (SSSR count). The third kappa shape index (κ3) is 4.67. The van der Waals surface area contributed by atoms with E-state index in [2.05, 4.69) is 21.4 Å². The normalized spacial score (nSPS) is 21.6. The fraction of sp³-hybridized carbons (Fsp3) is 0.867. The summed E-state index contributed by atoms with van der Waals surface area (Å²) in [6.07, 6.45) is 1.81. The highest BCUT2D eigenvalue weighted by Gasteiger charge is 2.37. The van der Waals surface area contributed by atoms with Gasteiger partial charge in [-0.15, -0.1) is 10.2 Å². The topological polar surface area (TPSA) is 95.1 Å². The van der Waals surface area contributed by atoms with Crippen molar-refractivity contribution in [1.82, 2.24) is 21.4 Å². The first-order valence-corrected chi connectivity index (χ1v) is 9.60. The van der Waals surface area contributed by atoms with Crippen molar-refractivity contribution in [2.75, 3.05) is 19.0 Å². The number of rotatable bonds is 4. The molecule has 0 aliphatic carbocycles. The lowest BCUT2D eigenvalue weighted by molar-refractivity contribution is -0.121. The van der Waals surface area contributed by atoms with Crippen LogP contribution < -0.4 is 16.3 Å². The van der Waals surface area contributed by atoms with Crippen molar-refractivity contribution < 1.29 is 13.7 Å². The van der Waals surface area contributed by atoms with Crippen LogP contribution in [-0.2, 0) is 20.3 Å². The predicted octanol–water partition coefficient (Wildman–Crippen LogP) is 0.451. The van der Waals surface area contributed by atoms with Gasteiger partial charge in [-0.2, -0.15) is 0 Å². The lowest BCUT2D eigenvalue weighted by atomic mass is 10.0. The summed E-state index contributed by atoms with van der Waals surface area (Å²) in [4.78, 5) is 12.6. The molecule has 0 aromatic heterocycles. The van der Waals surface area contributed by atoms with Crippen LogP contribution in [-0.4, -0.2) is 50.4 Å². The molecular formula is C15H29N5O3S. The zero-order valence-electron chi connectivity index (χ0n) is 15.1. The van der Waals surface area contributed by atoms with Crippen molar-refractivity contribution >= 4 is 22.7 Å². The van der Waals surface area contributed by atoms with Crippen molar-refractivity contribution in [3.8, 4) is 0 Å². The van der Waals surface area contributed by atoms with E-state index in [1.807, 2.05) is 20.8 Å². The molecule has 1 atom stereocenters. The highest BCUT2D eigenvalue weighted by Crippen LogP contribution is 2.22. The summed E-state index contributed by atoms with van der Waals surface area (Å²) in [6, 6.07) is 0. The summed E-state index contributed by atoms with van der Waals surface area (Å²) >= 11 is 0. The van der Waals surface area contributed by atoms with Gasteiger partial charge in [-0.25, -0.2) is 5.53 Å². The van der Waals surface area contributed by atoms with Crippen molar-refractivity contribution in [3.05, 3.63) is 0 Å². The van der Waals surface area contributed by atoms with E-state index in [4.69, 9.17) is 4.74 Å². The van der Waals surface area contributed by atoms with Crippen LogP contribution in [0.4, 0.5) is 0 Å². The van der Waals surface area contributed by atoms with Gasteiger partial charge in [-0.1, -0.05) is 0 Å². The number of carbonyl (C=O) groups excluding carboxylic acids is 1. The Morgan fingerprint density at radius 3 is 2.50 bits per heavy atom. The number of hydrogen-bond acceptors (Lipinski definition) is 7. The summed E-state index contributed by atoms with van der Waals surface area (Å²) in [5.41, 5.74) is 5.57. The van der Waals surface area contributed by atoms with Crippen LogP contribution in [0.2, 0.25) is 0 Å². The van der Waals surface area contributed by atoms with Gasteiger partial charge < -0.3 is 4.74 Å². The van der Waals surface area contributed by atoms with Crippen molar-refractivity contribution in [1.29, 1.82) is 0 Å². The summed E-state index contributed by atoms with van der Waals surface area (Å²) in [7, 11) is -1.27. The molecule has 24 heavy (non-hydrogen) atoms. The molecule has 2 aliphatic heterocycles. The molecule has 0 spiro atoms. The van der Waals surface area contributed by atoms with Gasteiger partial charge in [0, 0.05) is 29.8 Å². The predicted molar refractivity (Wildman–Crippen MR) is 94.1 cm³/mol. The largest absolute Gasteiger partial charge is 0.381 e. The van der Waals surface area contributed by atoms with Crippen LogP contribution >= 0.6 is 0 Å². The Morgan fingerprint density at radius 1 is 1.33 bits per heavy atom. The molecule has 1 amide bonds. The summed E-state index contributed by atoms with van der Waals surface area (Å²) in [6.45, 7) is 10.8. The number of nitrogens with one attached hydrogen (secondary N) is 3. The maximum absolute atomic E-state index is 12.7. The molecule has 0 unspecified atom stereocenters. The van der Waals surface area contributed by atoms with E-state index >= 15 is 0 Å². The maximum atomic E-state index is 12.7. The highest BCUT2D eigenvalue weighted by atomic mass is 32.2. The van der Waals surface area contributed by atoms with Crippen LogP contribution in [0.5, 0.6) is 0 Å². The van der Waals surface area contributed by atoms with E-state index < -0.39 is 15.5 Å². The van der Waals surface area contributed by atoms with Crippen LogP contribution in [0.3, 0.4) is 0 Å². The summed E-state index contributed by atoms with van der Waals surface area (Å²) < 4.78 is 17.0. The van der Waals surface area contributed by atoms with Gasteiger partial charge >= 0.3 is 0 Å². The van der Waals surface area contributed by atoms with Crippen LogP contribution in [0.15, 0.2) is 5.10 Å². The fourth-order valence-electron chi connectivity index (χ4n) is 2.33. The first kappa shape index (κ1) is 19.1. The van der Waals surface area contributed by atoms with Crippen LogP contribution in [0.1, 0.15) is 47.5 Å². The molecule has 0 aromatic carbocycles. The molecule has 0 bridgehead atoms. The maximum Gasteiger partial charge on any atom is 0.245 e. The highest BCUT2D eigenvalue weighted by molar-refractivity contribution is 7.87. The molecule has 1 fully saturated rings. The molecule has 0 radical (unpaired) electrons. The average molecular weight is 359 g/mol. The minimum atomic E-state index is -1.27. The molecule has 3 N–H and O–H groups in total. The zero-order chi connectivity index (χ0) is 18.0. The van der Waals surface area contributed by atoms with E-state index in [0.29, 0.717) is 30.8 Å². The first-order valence-electron chi connectivity index (χ1n) is 8.28. The Balaban J connectivity index is 1.89. The van der Waals surface area contributed by atoms with Crippen molar-refractivity contribution in [3.63, 3.8) is 0 Å². The lowest BCUT2D eigenvalue weighted by Gasteiger charge is -2.30. The molecular weight excluding hydrogens is 330 g/mol. The first-order chi connectivity index (χ1) is 11.1. The minimum Gasteiger partial charge on any atom is -0.381 e.